The lowest BCUT2D eigenvalue weighted by molar-refractivity contribution is 0.102. The summed E-state index contributed by atoms with van der Waals surface area (Å²) in [7, 11) is 1.62. The van der Waals surface area contributed by atoms with Gasteiger partial charge < -0.3 is 10.1 Å². The first-order valence-electron chi connectivity index (χ1n) is 12.7. The minimum atomic E-state index is -0.709. The number of carbonyl (C=O) groups is 1. The topological polar surface area (TPSA) is 82.6 Å². The molecule has 0 radical (unpaired) electrons. The molecule has 1 amide bonds. The van der Waals surface area contributed by atoms with E-state index in [4.69, 9.17) is 4.74 Å². The second-order valence-electron chi connectivity index (χ2n) is 9.36. The van der Waals surface area contributed by atoms with E-state index in [9.17, 15) is 14.0 Å². The summed E-state index contributed by atoms with van der Waals surface area (Å²) in [5, 5.41) is 6.92. The lowest BCUT2D eigenvalue weighted by atomic mass is 10.1. The van der Waals surface area contributed by atoms with Gasteiger partial charge in [-0.25, -0.2) is 18.0 Å². The summed E-state index contributed by atoms with van der Waals surface area (Å²) in [6.07, 6.45) is 3.36. The second kappa shape index (κ2) is 10.2. The number of benzene rings is 3. The molecular formula is C31H23F2N5O3. The van der Waals surface area contributed by atoms with Crippen molar-refractivity contribution in [3.63, 3.8) is 0 Å². The van der Waals surface area contributed by atoms with Crippen molar-refractivity contribution < 1.29 is 18.3 Å². The largest absolute Gasteiger partial charge is 0.452 e. The molecule has 0 bridgehead atoms. The molecule has 6 aromatic rings. The van der Waals surface area contributed by atoms with Gasteiger partial charge in [-0.2, -0.15) is 5.10 Å². The molecule has 0 aliphatic rings. The van der Waals surface area contributed by atoms with Crippen molar-refractivity contribution >= 4 is 17.1 Å². The Bertz CT molecular complexity index is 1980. The van der Waals surface area contributed by atoms with Crippen LogP contribution in [0.5, 0.6) is 11.5 Å². The third-order valence-corrected chi connectivity index (χ3v) is 6.86. The highest BCUT2D eigenvalue weighted by Crippen LogP contribution is 2.35. The maximum atomic E-state index is 15.2. The summed E-state index contributed by atoms with van der Waals surface area (Å²) in [6, 6.07) is 22.6. The maximum absolute atomic E-state index is 15.2. The van der Waals surface area contributed by atoms with Crippen LogP contribution in [0.4, 0.5) is 14.5 Å². The van der Waals surface area contributed by atoms with Gasteiger partial charge in [-0.3, -0.25) is 14.3 Å². The molecule has 8 nitrogen and oxygen atoms in total. The number of nitrogens with zero attached hydrogens (tertiary/aromatic N) is 4. The maximum Gasteiger partial charge on any atom is 0.284 e. The smallest absolute Gasteiger partial charge is 0.284 e. The number of carbonyl (C=O) groups excluding carboxylic acids is 1. The first kappa shape index (κ1) is 25.8. The number of hydrogen-bond donors (Lipinski definition) is 1. The lowest BCUT2D eigenvalue weighted by Crippen LogP contribution is -2.25. The average molecular weight is 552 g/mol. The van der Waals surface area contributed by atoms with E-state index in [2.05, 4.69) is 10.4 Å². The van der Waals surface area contributed by atoms with Crippen molar-refractivity contribution in [3.05, 3.63) is 131 Å². The fourth-order valence-electron chi connectivity index (χ4n) is 4.76. The molecular weight excluding hydrogens is 528 g/mol. The van der Waals surface area contributed by atoms with Crippen LogP contribution in [0.25, 0.3) is 22.3 Å². The highest BCUT2D eigenvalue weighted by Gasteiger charge is 2.23. The van der Waals surface area contributed by atoms with Gasteiger partial charge in [-0.05, 0) is 55.0 Å². The van der Waals surface area contributed by atoms with Crippen molar-refractivity contribution in [2.75, 3.05) is 5.32 Å². The highest BCUT2D eigenvalue weighted by molar-refractivity contribution is 6.05. The molecule has 0 aliphatic carbocycles. The van der Waals surface area contributed by atoms with Crippen LogP contribution in [0.2, 0.25) is 0 Å². The van der Waals surface area contributed by atoms with Gasteiger partial charge in [-0.1, -0.05) is 30.3 Å². The van der Waals surface area contributed by atoms with E-state index in [0.29, 0.717) is 22.6 Å². The Morgan fingerprint density at radius 1 is 0.927 bits per heavy atom. The number of ether oxygens (including phenoxy) is 1. The molecule has 0 atom stereocenters. The zero-order chi connectivity index (χ0) is 28.7. The van der Waals surface area contributed by atoms with Crippen LogP contribution in [-0.2, 0) is 7.05 Å². The van der Waals surface area contributed by atoms with Crippen LogP contribution in [0.15, 0.2) is 102 Å². The fraction of sp³-hybridized carbons (Fsp3) is 0.0645. The molecule has 3 heterocycles. The first-order valence-corrected chi connectivity index (χ1v) is 12.7. The molecule has 0 unspecified atom stereocenters. The second-order valence-corrected chi connectivity index (χ2v) is 9.36. The molecule has 6 rings (SSSR count). The fourth-order valence-corrected chi connectivity index (χ4v) is 4.76. The minimum absolute atomic E-state index is 0.0501. The van der Waals surface area contributed by atoms with Gasteiger partial charge in [-0.15, -0.1) is 0 Å². The summed E-state index contributed by atoms with van der Waals surface area (Å²) in [6.45, 7) is 1.62. The van der Waals surface area contributed by atoms with Gasteiger partial charge in [0.1, 0.15) is 16.9 Å². The van der Waals surface area contributed by atoms with Crippen molar-refractivity contribution in [2.24, 2.45) is 7.05 Å². The molecule has 0 saturated carbocycles. The predicted molar refractivity (Wildman–Crippen MR) is 151 cm³/mol. The van der Waals surface area contributed by atoms with Crippen LogP contribution in [0.3, 0.4) is 0 Å². The number of hydrogen-bond acceptors (Lipinski definition) is 4. The van der Waals surface area contributed by atoms with Crippen molar-refractivity contribution in [1.82, 2.24) is 19.0 Å². The third-order valence-electron chi connectivity index (χ3n) is 6.86. The quantitative estimate of drug-likeness (QED) is 0.270. The first-order chi connectivity index (χ1) is 19.8. The van der Waals surface area contributed by atoms with Gasteiger partial charge >= 0.3 is 0 Å². The monoisotopic (exact) mass is 551 g/mol. The molecule has 3 aromatic heterocycles. The summed E-state index contributed by atoms with van der Waals surface area (Å²) < 4.78 is 39.0. The molecule has 204 valence electrons. The van der Waals surface area contributed by atoms with E-state index < -0.39 is 23.1 Å². The van der Waals surface area contributed by atoms with Gasteiger partial charge in [0.05, 0.1) is 17.6 Å². The Hall–Kier alpha value is -5.51. The summed E-state index contributed by atoms with van der Waals surface area (Å²) in [4.78, 5) is 26.3. The van der Waals surface area contributed by atoms with E-state index in [1.54, 1.807) is 36.9 Å². The van der Waals surface area contributed by atoms with Crippen LogP contribution >= 0.6 is 0 Å². The number of rotatable bonds is 6. The number of anilines is 1. The van der Waals surface area contributed by atoms with Crippen molar-refractivity contribution in [3.8, 4) is 28.3 Å². The number of amides is 1. The third kappa shape index (κ3) is 4.65. The van der Waals surface area contributed by atoms with Gasteiger partial charge in [0.15, 0.2) is 17.3 Å². The highest BCUT2D eigenvalue weighted by atomic mass is 19.1. The standard InChI is InChI=1S/C31H23F2N5O3/c1-19-28(31(40)38(36(19)2)23-11-8-21(32)9-12-23)30(39)35-22-10-13-26(25(33)18-22)41-27-14-16-34-37-17-15-24(29(27)37)20-6-4-3-5-7-20/h3-18H,1-2H3,(H,35,39). The SMILES string of the molecule is Cc1c(C(=O)Nc2ccc(Oc3ccnn4ccc(-c5ccccc5)c34)c(F)c2)c(=O)n(-c2ccc(F)cc2)n1C. The van der Waals surface area contributed by atoms with E-state index in [-0.39, 0.29) is 17.0 Å². The molecule has 1 N–H and O–H groups in total. The Balaban J connectivity index is 1.27. The van der Waals surface area contributed by atoms with E-state index in [0.717, 1.165) is 17.2 Å². The molecule has 41 heavy (non-hydrogen) atoms. The molecule has 0 spiro atoms. The van der Waals surface area contributed by atoms with E-state index >= 15 is 4.39 Å². The number of aromatic nitrogens is 4. The zero-order valence-electron chi connectivity index (χ0n) is 22.0. The Morgan fingerprint density at radius 3 is 2.41 bits per heavy atom. The lowest BCUT2D eigenvalue weighted by Gasteiger charge is -2.11. The Kier molecular flexibility index (Phi) is 6.43. The minimum Gasteiger partial charge on any atom is -0.452 e. The molecule has 10 heteroatoms. The zero-order valence-corrected chi connectivity index (χ0v) is 22.0. The number of halogens is 2. The van der Waals surface area contributed by atoms with Crippen LogP contribution in [0.1, 0.15) is 16.1 Å². The molecule has 3 aromatic carbocycles. The predicted octanol–water partition coefficient (Wildman–Crippen LogP) is 6.12. The number of nitrogens with one attached hydrogen (secondary N) is 1. The Morgan fingerprint density at radius 2 is 1.68 bits per heavy atom. The molecule has 0 aliphatic heterocycles. The van der Waals surface area contributed by atoms with E-state index in [1.165, 1.54) is 45.8 Å². The summed E-state index contributed by atoms with van der Waals surface area (Å²) in [5.74, 6) is -1.50. The van der Waals surface area contributed by atoms with Gasteiger partial charge in [0.2, 0.25) is 0 Å². The number of fused-ring (bicyclic) bond motifs is 1. The van der Waals surface area contributed by atoms with Crippen molar-refractivity contribution in [2.45, 2.75) is 6.92 Å². The molecule has 0 saturated heterocycles. The summed E-state index contributed by atoms with van der Waals surface area (Å²) >= 11 is 0. The van der Waals surface area contributed by atoms with Crippen molar-refractivity contribution in [1.29, 1.82) is 0 Å². The van der Waals surface area contributed by atoms with E-state index in [1.807, 2.05) is 36.4 Å². The van der Waals surface area contributed by atoms with Gasteiger partial charge in [0.25, 0.3) is 11.5 Å². The molecule has 0 fully saturated rings. The normalized spacial score (nSPS) is 11.1. The average Bonchev–Trinajstić information content (AvgIpc) is 3.50. The van der Waals surface area contributed by atoms with Crippen LogP contribution in [-0.4, -0.2) is 24.9 Å². The van der Waals surface area contributed by atoms with Crippen LogP contribution < -0.4 is 15.6 Å². The van der Waals surface area contributed by atoms with Crippen LogP contribution in [0, 0.1) is 18.6 Å². The summed E-state index contributed by atoms with van der Waals surface area (Å²) in [5.41, 5.74) is 2.74. The Labute approximate surface area is 232 Å². The van der Waals surface area contributed by atoms with Gasteiger partial charge in [0, 0.05) is 36.6 Å².